The highest BCUT2D eigenvalue weighted by atomic mass is 79.9. The maximum atomic E-state index is 3.61. The van der Waals surface area contributed by atoms with Crippen molar-refractivity contribution >= 4 is 48.3 Å². The molecule has 0 heterocycles. The number of hydrogen-bond acceptors (Lipinski definition) is 1. The predicted molar refractivity (Wildman–Crippen MR) is 97.9 cm³/mol. The van der Waals surface area contributed by atoms with Crippen molar-refractivity contribution in [1.82, 2.24) is 0 Å². The lowest BCUT2D eigenvalue weighted by atomic mass is 10.1. The van der Waals surface area contributed by atoms with Crippen LogP contribution in [0.1, 0.15) is 11.1 Å². The van der Waals surface area contributed by atoms with E-state index >= 15 is 0 Å². The number of aryl methyl sites for hydroxylation is 1. The summed E-state index contributed by atoms with van der Waals surface area (Å²) in [6.07, 6.45) is 0. The largest absolute Gasteiger partial charge is 0.380 e. The second kappa shape index (κ2) is 6.20. The van der Waals surface area contributed by atoms with Crippen LogP contribution in [0.15, 0.2) is 63.5 Å². The van der Waals surface area contributed by atoms with E-state index in [0.29, 0.717) is 0 Å². The molecule has 0 spiro atoms. The summed E-state index contributed by atoms with van der Waals surface area (Å²) in [4.78, 5) is 0. The summed E-state index contributed by atoms with van der Waals surface area (Å²) in [6, 6.07) is 19.1. The Bertz CT molecular complexity index is 796. The van der Waals surface area contributed by atoms with Gasteiger partial charge in [-0.2, -0.15) is 0 Å². The molecule has 0 aliphatic heterocycles. The molecular weight excluding hydrogens is 390 g/mol. The van der Waals surface area contributed by atoms with Gasteiger partial charge in [0.2, 0.25) is 0 Å². The highest BCUT2D eigenvalue weighted by Crippen LogP contribution is 2.30. The monoisotopic (exact) mass is 403 g/mol. The van der Waals surface area contributed by atoms with Crippen LogP contribution in [0.25, 0.3) is 10.8 Å². The van der Waals surface area contributed by atoms with Gasteiger partial charge in [0.25, 0.3) is 0 Å². The first-order valence-electron chi connectivity index (χ1n) is 6.81. The Kier molecular flexibility index (Phi) is 4.32. The lowest BCUT2D eigenvalue weighted by molar-refractivity contribution is 1.14. The Morgan fingerprint density at radius 3 is 2.33 bits per heavy atom. The molecule has 1 nitrogen and oxygen atoms in total. The maximum absolute atomic E-state index is 3.61. The van der Waals surface area contributed by atoms with Gasteiger partial charge in [0.1, 0.15) is 0 Å². The lowest BCUT2D eigenvalue weighted by Gasteiger charge is -2.12. The van der Waals surface area contributed by atoms with Crippen molar-refractivity contribution < 1.29 is 0 Å². The van der Waals surface area contributed by atoms with Gasteiger partial charge in [0.05, 0.1) is 0 Å². The molecule has 0 radical (unpaired) electrons. The first kappa shape index (κ1) is 14.6. The number of benzene rings is 3. The van der Waals surface area contributed by atoms with Gasteiger partial charge in [-0.3, -0.25) is 0 Å². The number of anilines is 1. The average Bonchev–Trinajstić information content (AvgIpc) is 2.50. The second-order valence-electron chi connectivity index (χ2n) is 5.08. The van der Waals surface area contributed by atoms with E-state index in [-0.39, 0.29) is 0 Å². The van der Waals surface area contributed by atoms with Crippen molar-refractivity contribution in [1.29, 1.82) is 0 Å². The molecular formula is C18H15Br2N. The molecule has 3 aromatic carbocycles. The molecule has 0 amide bonds. The quantitative estimate of drug-likeness (QED) is 0.541. The second-order valence-corrected chi connectivity index (χ2v) is 6.79. The molecule has 0 saturated carbocycles. The number of rotatable bonds is 3. The summed E-state index contributed by atoms with van der Waals surface area (Å²) in [5.74, 6) is 0. The van der Waals surface area contributed by atoms with Gasteiger partial charge in [0.15, 0.2) is 0 Å². The van der Waals surface area contributed by atoms with Crippen molar-refractivity contribution in [2.45, 2.75) is 13.5 Å². The van der Waals surface area contributed by atoms with Crippen LogP contribution in [0, 0.1) is 6.92 Å². The Balaban J connectivity index is 1.88. The summed E-state index contributed by atoms with van der Waals surface area (Å²) >= 11 is 7.15. The maximum Gasteiger partial charge on any atom is 0.0423 e. The average molecular weight is 405 g/mol. The summed E-state index contributed by atoms with van der Waals surface area (Å²) < 4.78 is 2.28. The van der Waals surface area contributed by atoms with Gasteiger partial charge < -0.3 is 5.32 Å². The molecule has 0 bridgehead atoms. The van der Waals surface area contributed by atoms with Gasteiger partial charge >= 0.3 is 0 Å². The topological polar surface area (TPSA) is 12.0 Å². The van der Waals surface area contributed by atoms with Crippen LogP contribution in [0.4, 0.5) is 5.69 Å². The number of halogens is 2. The van der Waals surface area contributed by atoms with Crippen molar-refractivity contribution in [2.75, 3.05) is 5.32 Å². The highest BCUT2D eigenvalue weighted by Gasteiger charge is 2.04. The molecule has 106 valence electrons. The number of nitrogens with one attached hydrogen (secondary N) is 1. The molecule has 0 unspecified atom stereocenters. The molecule has 3 aromatic rings. The third kappa shape index (κ3) is 3.14. The Hall–Kier alpha value is -1.32. The molecule has 3 rings (SSSR count). The molecule has 0 aliphatic carbocycles. The highest BCUT2D eigenvalue weighted by molar-refractivity contribution is 9.11. The summed E-state index contributed by atoms with van der Waals surface area (Å²) in [5, 5.41) is 6.01. The minimum atomic E-state index is 0.819. The third-order valence-corrected chi connectivity index (χ3v) is 5.16. The number of fused-ring (bicyclic) bond motifs is 1. The van der Waals surface area contributed by atoms with Crippen molar-refractivity contribution in [2.24, 2.45) is 0 Å². The van der Waals surface area contributed by atoms with Crippen LogP contribution in [0.5, 0.6) is 0 Å². The molecule has 1 N–H and O–H groups in total. The minimum Gasteiger partial charge on any atom is -0.380 e. The molecule has 0 aromatic heterocycles. The van der Waals surface area contributed by atoms with E-state index in [9.17, 15) is 0 Å². The molecule has 0 aliphatic rings. The van der Waals surface area contributed by atoms with Crippen molar-refractivity contribution in [3.05, 3.63) is 74.7 Å². The zero-order valence-electron chi connectivity index (χ0n) is 11.7. The lowest BCUT2D eigenvalue weighted by Crippen LogP contribution is -2.00. The zero-order chi connectivity index (χ0) is 14.8. The number of hydrogen-bond donors (Lipinski definition) is 1. The van der Waals surface area contributed by atoms with Crippen LogP contribution in [-0.4, -0.2) is 0 Å². The molecule has 21 heavy (non-hydrogen) atoms. The SMILES string of the molecule is Cc1cc(CNc2ccc(Br)c3ccccc23)ccc1Br. The third-order valence-electron chi connectivity index (χ3n) is 3.58. The van der Waals surface area contributed by atoms with E-state index < -0.39 is 0 Å². The first-order valence-corrected chi connectivity index (χ1v) is 8.40. The molecule has 0 fully saturated rings. The minimum absolute atomic E-state index is 0.819. The van der Waals surface area contributed by atoms with Crippen LogP contribution in [-0.2, 0) is 6.54 Å². The fourth-order valence-corrected chi connectivity index (χ4v) is 3.16. The summed E-state index contributed by atoms with van der Waals surface area (Å²) in [7, 11) is 0. The van der Waals surface area contributed by atoms with E-state index in [2.05, 4.69) is 98.7 Å². The van der Waals surface area contributed by atoms with Gasteiger partial charge in [-0.05, 0) is 41.6 Å². The van der Waals surface area contributed by atoms with E-state index in [1.165, 1.54) is 21.9 Å². The Morgan fingerprint density at radius 2 is 1.57 bits per heavy atom. The molecule has 0 saturated heterocycles. The zero-order valence-corrected chi connectivity index (χ0v) is 14.8. The fourth-order valence-electron chi connectivity index (χ4n) is 2.43. The van der Waals surface area contributed by atoms with Gasteiger partial charge in [-0.25, -0.2) is 0 Å². The van der Waals surface area contributed by atoms with Crippen LogP contribution >= 0.6 is 31.9 Å². The standard InChI is InChI=1S/C18H15Br2N/c1-12-10-13(6-7-16(12)19)11-21-18-9-8-17(20)14-4-2-3-5-15(14)18/h2-10,21H,11H2,1H3. The molecule has 3 heteroatoms. The molecule has 0 atom stereocenters. The van der Waals surface area contributed by atoms with Gasteiger partial charge in [-0.1, -0.05) is 68.3 Å². The smallest absolute Gasteiger partial charge is 0.0423 e. The van der Waals surface area contributed by atoms with E-state index in [1.54, 1.807) is 0 Å². The van der Waals surface area contributed by atoms with Crippen LogP contribution < -0.4 is 5.32 Å². The van der Waals surface area contributed by atoms with Crippen molar-refractivity contribution in [3.8, 4) is 0 Å². The predicted octanol–water partition coefficient (Wildman–Crippen LogP) is 6.29. The Morgan fingerprint density at radius 1 is 0.857 bits per heavy atom. The van der Waals surface area contributed by atoms with Gasteiger partial charge in [-0.15, -0.1) is 0 Å². The van der Waals surface area contributed by atoms with Crippen LogP contribution in [0.3, 0.4) is 0 Å². The normalized spacial score (nSPS) is 10.8. The summed E-state index contributed by atoms with van der Waals surface area (Å²) in [5.41, 5.74) is 3.70. The van der Waals surface area contributed by atoms with Crippen molar-refractivity contribution in [3.63, 3.8) is 0 Å². The van der Waals surface area contributed by atoms with Crippen LogP contribution in [0.2, 0.25) is 0 Å². The summed E-state index contributed by atoms with van der Waals surface area (Å²) in [6.45, 7) is 2.93. The Labute approximate surface area is 141 Å². The first-order chi connectivity index (χ1) is 10.1. The van der Waals surface area contributed by atoms with E-state index in [0.717, 1.165) is 21.2 Å². The fraction of sp³-hybridized carbons (Fsp3) is 0.111. The van der Waals surface area contributed by atoms with E-state index in [4.69, 9.17) is 0 Å². The van der Waals surface area contributed by atoms with Gasteiger partial charge in [0, 0.05) is 26.6 Å². The van der Waals surface area contributed by atoms with E-state index in [1.807, 2.05) is 0 Å².